The maximum Gasteiger partial charge on any atom is 0.125 e. The van der Waals surface area contributed by atoms with Crippen molar-refractivity contribution in [2.75, 3.05) is 0 Å². The van der Waals surface area contributed by atoms with Crippen LogP contribution in [0.2, 0.25) is 0 Å². The zero-order chi connectivity index (χ0) is 9.26. The average molecular weight is 174 g/mol. The smallest absolute Gasteiger partial charge is 0.125 e. The Morgan fingerprint density at radius 2 is 2.23 bits per heavy atom. The van der Waals surface area contributed by atoms with Crippen LogP contribution in [0, 0.1) is 17.1 Å². The Kier molecular flexibility index (Phi) is 1.75. The molecule has 0 atom stereocenters. The van der Waals surface area contributed by atoms with Crippen LogP contribution in [0.4, 0.5) is 4.39 Å². The molecule has 64 valence electrons. The van der Waals surface area contributed by atoms with Crippen molar-refractivity contribution in [1.82, 2.24) is 4.98 Å². The highest BCUT2D eigenvalue weighted by Gasteiger charge is 2.00. The number of benzene rings is 1. The van der Waals surface area contributed by atoms with E-state index in [2.05, 4.69) is 4.98 Å². The molecule has 3 heteroatoms. The van der Waals surface area contributed by atoms with Crippen LogP contribution in [-0.2, 0) is 6.42 Å². The summed E-state index contributed by atoms with van der Waals surface area (Å²) in [5, 5.41) is 9.39. The van der Waals surface area contributed by atoms with Crippen molar-refractivity contribution in [2.24, 2.45) is 0 Å². The molecule has 0 fully saturated rings. The Morgan fingerprint density at radius 3 is 3.00 bits per heavy atom. The lowest BCUT2D eigenvalue weighted by atomic mass is 10.2. The summed E-state index contributed by atoms with van der Waals surface area (Å²) in [5.41, 5.74) is 1.56. The molecule has 0 amide bonds. The highest BCUT2D eigenvalue weighted by molar-refractivity contribution is 5.80. The maximum absolute atomic E-state index is 12.7. The van der Waals surface area contributed by atoms with Gasteiger partial charge in [0.1, 0.15) is 5.82 Å². The zero-order valence-electron chi connectivity index (χ0n) is 6.84. The second kappa shape index (κ2) is 2.91. The quantitative estimate of drug-likeness (QED) is 0.708. The van der Waals surface area contributed by atoms with Crippen molar-refractivity contribution < 1.29 is 4.39 Å². The fourth-order valence-corrected chi connectivity index (χ4v) is 1.34. The Morgan fingerprint density at radius 1 is 1.38 bits per heavy atom. The molecule has 1 N–H and O–H groups in total. The van der Waals surface area contributed by atoms with Gasteiger partial charge in [0, 0.05) is 11.2 Å². The number of aromatic nitrogens is 1. The topological polar surface area (TPSA) is 39.6 Å². The van der Waals surface area contributed by atoms with Crippen LogP contribution in [0.5, 0.6) is 0 Å². The molecular weight excluding hydrogens is 167 g/mol. The van der Waals surface area contributed by atoms with E-state index in [1.807, 2.05) is 12.1 Å². The van der Waals surface area contributed by atoms with Gasteiger partial charge in [0.25, 0.3) is 0 Å². The second-order valence-electron chi connectivity index (χ2n) is 2.86. The number of halogens is 1. The number of nitrogens with zero attached hydrogens (tertiary/aromatic N) is 1. The molecule has 13 heavy (non-hydrogen) atoms. The molecule has 2 aromatic rings. The summed E-state index contributed by atoms with van der Waals surface area (Å²) in [6.07, 6.45) is 0.330. The van der Waals surface area contributed by atoms with Crippen molar-refractivity contribution in [3.63, 3.8) is 0 Å². The van der Waals surface area contributed by atoms with E-state index in [4.69, 9.17) is 5.26 Å². The van der Waals surface area contributed by atoms with Gasteiger partial charge in [-0.15, -0.1) is 0 Å². The summed E-state index contributed by atoms with van der Waals surface area (Å²) in [4.78, 5) is 2.97. The minimum Gasteiger partial charge on any atom is -0.357 e. The molecule has 0 unspecified atom stereocenters. The normalized spacial score (nSPS) is 10.2. The first-order chi connectivity index (χ1) is 6.29. The second-order valence-corrected chi connectivity index (χ2v) is 2.86. The molecule has 0 saturated heterocycles. The monoisotopic (exact) mass is 174 g/mol. The standard InChI is InChI=1S/C10H7FN2/c11-8-2-1-7-5-9(3-4-12)13-10(7)6-8/h1-2,5-6,13H,3H2. The number of hydrogen-bond acceptors (Lipinski definition) is 1. The molecule has 0 bridgehead atoms. The van der Waals surface area contributed by atoms with Gasteiger partial charge >= 0.3 is 0 Å². The molecule has 1 aromatic heterocycles. The maximum atomic E-state index is 12.7. The van der Waals surface area contributed by atoms with E-state index in [-0.39, 0.29) is 5.82 Å². The molecule has 0 radical (unpaired) electrons. The van der Waals surface area contributed by atoms with Crippen molar-refractivity contribution in [1.29, 1.82) is 5.26 Å². The number of fused-ring (bicyclic) bond motifs is 1. The molecule has 0 aliphatic carbocycles. The highest BCUT2D eigenvalue weighted by Crippen LogP contribution is 2.16. The van der Waals surface area contributed by atoms with Gasteiger partial charge in [0.05, 0.1) is 12.5 Å². The Hall–Kier alpha value is -1.82. The number of nitrogens with one attached hydrogen (secondary N) is 1. The molecular formula is C10H7FN2. The van der Waals surface area contributed by atoms with Crippen LogP contribution in [-0.4, -0.2) is 4.98 Å². The van der Waals surface area contributed by atoms with Crippen LogP contribution >= 0.6 is 0 Å². The van der Waals surface area contributed by atoms with Gasteiger partial charge in [-0.05, 0) is 29.7 Å². The van der Waals surface area contributed by atoms with E-state index in [1.165, 1.54) is 12.1 Å². The van der Waals surface area contributed by atoms with E-state index in [0.717, 1.165) is 16.6 Å². The van der Waals surface area contributed by atoms with E-state index in [9.17, 15) is 4.39 Å². The van der Waals surface area contributed by atoms with Crippen molar-refractivity contribution in [2.45, 2.75) is 6.42 Å². The van der Waals surface area contributed by atoms with Gasteiger partial charge in [-0.2, -0.15) is 5.26 Å². The summed E-state index contributed by atoms with van der Waals surface area (Å²) in [6, 6.07) is 8.43. The molecule has 1 heterocycles. The Labute approximate surface area is 74.6 Å². The lowest BCUT2D eigenvalue weighted by Crippen LogP contribution is -1.78. The van der Waals surface area contributed by atoms with Crippen LogP contribution < -0.4 is 0 Å². The third-order valence-corrected chi connectivity index (χ3v) is 1.91. The first kappa shape index (κ1) is 7.81. The number of hydrogen-bond donors (Lipinski definition) is 1. The molecule has 0 aliphatic heterocycles. The molecule has 1 aromatic carbocycles. The average Bonchev–Trinajstić information content (AvgIpc) is 2.46. The van der Waals surface area contributed by atoms with Crippen molar-refractivity contribution in [3.05, 3.63) is 35.8 Å². The Bertz CT molecular complexity index is 479. The third kappa shape index (κ3) is 1.38. The van der Waals surface area contributed by atoms with Gasteiger partial charge < -0.3 is 4.98 Å². The van der Waals surface area contributed by atoms with E-state index >= 15 is 0 Å². The minimum absolute atomic E-state index is 0.266. The summed E-state index contributed by atoms with van der Waals surface area (Å²) in [6.45, 7) is 0. The van der Waals surface area contributed by atoms with Crippen LogP contribution in [0.3, 0.4) is 0 Å². The fourth-order valence-electron chi connectivity index (χ4n) is 1.34. The molecule has 2 rings (SSSR count). The van der Waals surface area contributed by atoms with E-state index in [1.54, 1.807) is 6.07 Å². The van der Waals surface area contributed by atoms with Gasteiger partial charge in [-0.3, -0.25) is 0 Å². The molecule has 0 spiro atoms. The summed E-state index contributed by atoms with van der Waals surface area (Å²) in [7, 11) is 0. The zero-order valence-corrected chi connectivity index (χ0v) is 6.84. The predicted molar refractivity (Wildman–Crippen MR) is 47.6 cm³/mol. The van der Waals surface area contributed by atoms with E-state index in [0.29, 0.717) is 6.42 Å². The first-order valence-corrected chi connectivity index (χ1v) is 3.94. The number of nitriles is 1. The van der Waals surface area contributed by atoms with E-state index < -0.39 is 0 Å². The number of H-pyrrole nitrogens is 1. The van der Waals surface area contributed by atoms with Crippen LogP contribution in [0.25, 0.3) is 10.9 Å². The van der Waals surface area contributed by atoms with Crippen molar-refractivity contribution >= 4 is 10.9 Å². The molecule has 0 aliphatic rings. The third-order valence-electron chi connectivity index (χ3n) is 1.91. The minimum atomic E-state index is -0.266. The fraction of sp³-hybridized carbons (Fsp3) is 0.100. The van der Waals surface area contributed by atoms with Crippen LogP contribution in [0.1, 0.15) is 5.69 Å². The predicted octanol–water partition coefficient (Wildman–Crippen LogP) is 2.37. The summed E-state index contributed by atoms with van der Waals surface area (Å²) in [5.74, 6) is -0.266. The van der Waals surface area contributed by atoms with Crippen molar-refractivity contribution in [3.8, 4) is 6.07 Å². The summed E-state index contributed by atoms with van der Waals surface area (Å²) < 4.78 is 12.7. The van der Waals surface area contributed by atoms with Gasteiger partial charge in [0.2, 0.25) is 0 Å². The molecule has 2 nitrogen and oxygen atoms in total. The van der Waals surface area contributed by atoms with Gasteiger partial charge in [-0.1, -0.05) is 0 Å². The van der Waals surface area contributed by atoms with Crippen LogP contribution in [0.15, 0.2) is 24.3 Å². The van der Waals surface area contributed by atoms with Gasteiger partial charge in [0.15, 0.2) is 0 Å². The largest absolute Gasteiger partial charge is 0.357 e. The van der Waals surface area contributed by atoms with Gasteiger partial charge in [-0.25, -0.2) is 4.39 Å². The lowest BCUT2D eigenvalue weighted by molar-refractivity contribution is 0.629. The SMILES string of the molecule is N#CCc1cc2ccc(F)cc2[nH]1. The highest BCUT2D eigenvalue weighted by atomic mass is 19.1. The number of aromatic amines is 1. The lowest BCUT2D eigenvalue weighted by Gasteiger charge is -1.88. The Balaban J connectivity index is 2.57. The first-order valence-electron chi connectivity index (χ1n) is 3.94. The number of rotatable bonds is 1. The summed E-state index contributed by atoms with van der Waals surface area (Å²) >= 11 is 0. The molecule has 0 saturated carbocycles.